The standard InChI is InChI=1S/C7H13NO2/c1-2-3-5-10-6-4-8-7-9/h2,7H,1,3-6H2,(H,8,9). The van der Waals surface area contributed by atoms with Gasteiger partial charge in [-0.1, -0.05) is 6.08 Å². The SMILES string of the molecule is C=CCCOCCNC=O. The van der Waals surface area contributed by atoms with Crippen molar-refractivity contribution in [2.45, 2.75) is 6.42 Å². The topological polar surface area (TPSA) is 38.3 Å². The number of nitrogens with one attached hydrogen (secondary N) is 1. The zero-order valence-corrected chi connectivity index (χ0v) is 6.01. The van der Waals surface area contributed by atoms with E-state index in [-0.39, 0.29) is 0 Å². The van der Waals surface area contributed by atoms with Crippen molar-refractivity contribution in [3.8, 4) is 0 Å². The first-order valence-electron chi connectivity index (χ1n) is 3.27. The van der Waals surface area contributed by atoms with Gasteiger partial charge in [-0.25, -0.2) is 0 Å². The lowest BCUT2D eigenvalue weighted by atomic mass is 10.5. The van der Waals surface area contributed by atoms with Crippen LogP contribution in [0.4, 0.5) is 0 Å². The van der Waals surface area contributed by atoms with Crippen LogP contribution in [-0.2, 0) is 9.53 Å². The average Bonchev–Trinajstić information content (AvgIpc) is 1.97. The number of amides is 1. The van der Waals surface area contributed by atoms with Crippen molar-refractivity contribution in [1.29, 1.82) is 0 Å². The molecule has 0 aliphatic rings. The lowest BCUT2D eigenvalue weighted by Gasteiger charge is -1.99. The largest absolute Gasteiger partial charge is 0.379 e. The molecule has 0 heterocycles. The fourth-order valence-electron chi connectivity index (χ4n) is 0.459. The molecule has 0 aromatic heterocycles. The third-order valence-corrected chi connectivity index (χ3v) is 0.940. The maximum atomic E-state index is 9.71. The molecule has 0 rings (SSSR count). The number of ether oxygens (including phenoxy) is 1. The van der Waals surface area contributed by atoms with E-state index in [0.29, 0.717) is 26.2 Å². The van der Waals surface area contributed by atoms with Gasteiger partial charge in [0.25, 0.3) is 0 Å². The summed E-state index contributed by atoms with van der Waals surface area (Å²) < 4.78 is 5.08. The van der Waals surface area contributed by atoms with Gasteiger partial charge in [0.1, 0.15) is 0 Å². The minimum Gasteiger partial charge on any atom is -0.379 e. The van der Waals surface area contributed by atoms with Crippen molar-refractivity contribution in [1.82, 2.24) is 5.32 Å². The normalized spacial score (nSPS) is 8.80. The summed E-state index contributed by atoms with van der Waals surface area (Å²) in [7, 11) is 0. The van der Waals surface area contributed by atoms with Crippen LogP contribution >= 0.6 is 0 Å². The van der Waals surface area contributed by atoms with Crippen LogP contribution in [0.15, 0.2) is 12.7 Å². The van der Waals surface area contributed by atoms with Crippen LogP contribution < -0.4 is 5.32 Å². The van der Waals surface area contributed by atoms with E-state index in [0.717, 1.165) is 6.42 Å². The Morgan fingerprint density at radius 2 is 2.30 bits per heavy atom. The minimum atomic E-state index is 0.576. The maximum Gasteiger partial charge on any atom is 0.207 e. The summed E-state index contributed by atoms with van der Waals surface area (Å²) in [5, 5.41) is 2.49. The van der Waals surface area contributed by atoms with Crippen LogP contribution in [0.25, 0.3) is 0 Å². The molecule has 0 fully saturated rings. The van der Waals surface area contributed by atoms with Crippen molar-refractivity contribution in [2.24, 2.45) is 0 Å². The highest BCUT2D eigenvalue weighted by atomic mass is 16.5. The van der Waals surface area contributed by atoms with Crippen LogP contribution in [-0.4, -0.2) is 26.2 Å². The van der Waals surface area contributed by atoms with Gasteiger partial charge in [-0.2, -0.15) is 0 Å². The van der Waals surface area contributed by atoms with E-state index in [4.69, 9.17) is 4.74 Å². The molecule has 10 heavy (non-hydrogen) atoms. The van der Waals surface area contributed by atoms with Gasteiger partial charge in [0.2, 0.25) is 6.41 Å². The molecular formula is C7H13NO2. The van der Waals surface area contributed by atoms with Gasteiger partial charge in [0.15, 0.2) is 0 Å². The third kappa shape index (κ3) is 7.17. The Hall–Kier alpha value is -0.830. The Bertz CT molecular complexity index is 81.6. The predicted molar refractivity (Wildman–Crippen MR) is 39.7 cm³/mol. The Balaban J connectivity index is 2.76. The molecule has 0 atom stereocenters. The van der Waals surface area contributed by atoms with Gasteiger partial charge >= 0.3 is 0 Å². The van der Waals surface area contributed by atoms with Gasteiger partial charge in [0.05, 0.1) is 13.2 Å². The molecule has 3 nitrogen and oxygen atoms in total. The van der Waals surface area contributed by atoms with E-state index in [9.17, 15) is 4.79 Å². The van der Waals surface area contributed by atoms with Crippen molar-refractivity contribution >= 4 is 6.41 Å². The van der Waals surface area contributed by atoms with Crippen LogP contribution in [0.2, 0.25) is 0 Å². The molecule has 0 radical (unpaired) electrons. The molecule has 1 amide bonds. The summed E-state index contributed by atoms with van der Waals surface area (Å²) in [6.07, 6.45) is 3.32. The van der Waals surface area contributed by atoms with Gasteiger partial charge in [-0.15, -0.1) is 6.58 Å². The molecule has 1 N–H and O–H groups in total. The van der Waals surface area contributed by atoms with E-state index >= 15 is 0 Å². The molecule has 0 bridgehead atoms. The predicted octanol–water partition coefficient (Wildman–Crippen LogP) is 0.325. The summed E-state index contributed by atoms with van der Waals surface area (Å²) in [5.74, 6) is 0. The summed E-state index contributed by atoms with van der Waals surface area (Å²) in [4.78, 5) is 9.71. The Kier molecular flexibility index (Phi) is 7.49. The Morgan fingerprint density at radius 3 is 2.90 bits per heavy atom. The van der Waals surface area contributed by atoms with Crippen molar-refractivity contribution in [2.75, 3.05) is 19.8 Å². The number of hydrogen-bond donors (Lipinski definition) is 1. The lowest BCUT2D eigenvalue weighted by molar-refractivity contribution is -0.109. The fourth-order valence-corrected chi connectivity index (χ4v) is 0.459. The molecule has 58 valence electrons. The van der Waals surface area contributed by atoms with Crippen LogP contribution in [0.1, 0.15) is 6.42 Å². The van der Waals surface area contributed by atoms with Gasteiger partial charge < -0.3 is 10.1 Å². The molecule has 0 aromatic carbocycles. The summed E-state index contributed by atoms with van der Waals surface area (Å²) in [6.45, 7) is 5.39. The molecule has 0 aromatic rings. The van der Waals surface area contributed by atoms with Crippen LogP contribution in [0, 0.1) is 0 Å². The monoisotopic (exact) mass is 143 g/mol. The van der Waals surface area contributed by atoms with E-state index in [2.05, 4.69) is 11.9 Å². The number of rotatable bonds is 7. The Labute approximate surface area is 61.1 Å². The molecule has 0 saturated carbocycles. The number of hydrogen-bond acceptors (Lipinski definition) is 2. The van der Waals surface area contributed by atoms with E-state index in [1.54, 1.807) is 6.08 Å². The molecular weight excluding hydrogens is 130 g/mol. The smallest absolute Gasteiger partial charge is 0.207 e. The molecule has 0 saturated heterocycles. The maximum absolute atomic E-state index is 9.71. The highest BCUT2D eigenvalue weighted by Crippen LogP contribution is 1.80. The minimum absolute atomic E-state index is 0.576. The van der Waals surface area contributed by atoms with Crippen molar-refractivity contribution in [3.63, 3.8) is 0 Å². The first-order chi connectivity index (χ1) is 4.91. The summed E-state index contributed by atoms with van der Waals surface area (Å²) in [6, 6.07) is 0. The van der Waals surface area contributed by atoms with Gasteiger partial charge in [-0.05, 0) is 6.42 Å². The molecule has 0 aliphatic carbocycles. The summed E-state index contributed by atoms with van der Waals surface area (Å²) in [5.41, 5.74) is 0. The lowest BCUT2D eigenvalue weighted by Crippen LogP contribution is -2.17. The molecule has 3 heteroatoms. The number of carbonyl (C=O) groups excluding carboxylic acids is 1. The third-order valence-electron chi connectivity index (χ3n) is 0.940. The highest BCUT2D eigenvalue weighted by molar-refractivity contribution is 5.45. The zero-order chi connectivity index (χ0) is 7.66. The van der Waals surface area contributed by atoms with E-state index < -0.39 is 0 Å². The zero-order valence-electron chi connectivity index (χ0n) is 6.01. The quantitative estimate of drug-likeness (QED) is 0.317. The van der Waals surface area contributed by atoms with Crippen LogP contribution in [0.3, 0.4) is 0 Å². The molecule has 0 aliphatic heterocycles. The second-order valence-electron chi connectivity index (χ2n) is 1.76. The van der Waals surface area contributed by atoms with Crippen LogP contribution in [0.5, 0.6) is 0 Å². The van der Waals surface area contributed by atoms with E-state index in [1.165, 1.54) is 0 Å². The van der Waals surface area contributed by atoms with E-state index in [1.807, 2.05) is 0 Å². The number of carbonyl (C=O) groups is 1. The molecule has 0 unspecified atom stereocenters. The first-order valence-corrected chi connectivity index (χ1v) is 3.27. The van der Waals surface area contributed by atoms with Gasteiger partial charge in [-0.3, -0.25) is 4.79 Å². The first kappa shape index (κ1) is 9.17. The van der Waals surface area contributed by atoms with Gasteiger partial charge in [0, 0.05) is 6.54 Å². The van der Waals surface area contributed by atoms with Crippen molar-refractivity contribution in [3.05, 3.63) is 12.7 Å². The second kappa shape index (κ2) is 8.17. The fraction of sp³-hybridized carbons (Fsp3) is 0.571. The molecule has 0 spiro atoms. The second-order valence-corrected chi connectivity index (χ2v) is 1.76. The average molecular weight is 143 g/mol. The van der Waals surface area contributed by atoms with Crippen molar-refractivity contribution < 1.29 is 9.53 Å². The summed E-state index contributed by atoms with van der Waals surface area (Å²) >= 11 is 0. The highest BCUT2D eigenvalue weighted by Gasteiger charge is 1.83. The Morgan fingerprint density at radius 1 is 1.50 bits per heavy atom.